The topological polar surface area (TPSA) is 51.5 Å². The molecule has 0 atom stereocenters. The van der Waals surface area contributed by atoms with Gasteiger partial charge in [0.25, 0.3) is 0 Å². The van der Waals surface area contributed by atoms with E-state index in [-0.39, 0.29) is 27.5 Å². The predicted octanol–water partition coefficient (Wildman–Crippen LogP) is 6.41. The monoisotopic (exact) mass is 649 g/mol. The van der Waals surface area contributed by atoms with Crippen LogP contribution >= 0.6 is 0 Å². The molecule has 36 heavy (non-hydrogen) atoms. The normalized spacial score (nSPS) is 11.9. The van der Waals surface area contributed by atoms with Crippen LogP contribution in [0, 0.1) is 19.6 Å². The fourth-order valence-corrected chi connectivity index (χ4v) is 4.09. The van der Waals surface area contributed by atoms with Crippen LogP contribution in [0.5, 0.6) is 0 Å². The van der Waals surface area contributed by atoms with Gasteiger partial charge in [-0.25, -0.2) is 0 Å². The maximum Gasteiger partial charge on any atom is 0.239 e. The van der Waals surface area contributed by atoms with Crippen LogP contribution in [-0.4, -0.2) is 16.8 Å². The van der Waals surface area contributed by atoms with Crippen molar-refractivity contribution < 1.29 is 24.5 Å². The largest absolute Gasteiger partial charge is 0.513 e. The number of fused-ring (bicyclic) bond motifs is 4. The zero-order valence-electron chi connectivity index (χ0n) is 19.5. The Morgan fingerprint density at radius 1 is 0.778 bits per heavy atom. The van der Waals surface area contributed by atoms with Crippen LogP contribution in [-0.2, 0) is 20.1 Å². The zero-order valence-corrected chi connectivity index (χ0v) is 21.9. The summed E-state index contributed by atoms with van der Waals surface area (Å²) in [5.74, 6) is 0. The predicted molar refractivity (Wildman–Crippen MR) is 139 cm³/mol. The van der Waals surface area contributed by atoms with Gasteiger partial charge in [0.05, 0.1) is 11.4 Å². The van der Waals surface area contributed by atoms with E-state index in [4.69, 9.17) is 4.42 Å². The molecule has 0 unspecified atom stereocenters. The number of anilines is 3. The van der Waals surface area contributed by atoms with E-state index < -0.39 is 0 Å². The minimum atomic E-state index is 0. The van der Waals surface area contributed by atoms with Gasteiger partial charge in [-0.1, -0.05) is 41.4 Å². The second-order valence-corrected chi connectivity index (χ2v) is 7.78. The Kier molecular flexibility index (Phi) is 7.46. The fourth-order valence-electron chi connectivity index (χ4n) is 4.09. The van der Waals surface area contributed by atoms with Crippen LogP contribution in [0.2, 0.25) is 0 Å². The van der Waals surface area contributed by atoms with E-state index in [2.05, 4.69) is 41.0 Å². The van der Waals surface area contributed by atoms with Gasteiger partial charge in [-0.3, -0.25) is 14.7 Å². The molecule has 0 fully saturated rings. The van der Waals surface area contributed by atoms with E-state index in [0.717, 1.165) is 44.7 Å². The van der Waals surface area contributed by atoms with Crippen LogP contribution < -0.4 is 15.6 Å². The maximum atomic E-state index is 5.92. The van der Waals surface area contributed by atoms with Crippen molar-refractivity contribution in [3.8, 4) is 5.69 Å². The van der Waals surface area contributed by atoms with Gasteiger partial charge in [0.2, 0.25) is 7.43 Å². The van der Waals surface area contributed by atoms with Gasteiger partial charge in [-0.2, -0.15) is 47.6 Å². The van der Waals surface area contributed by atoms with Gasteiger partial charge < -0.3 is 4.42 Å². The van der Waals surface area contributed by atoms with Crippen molar-refractivity contribution in [2.24, 2.45) is 0 Å². The molecule has 6 nitrogen and oxygen atoms in total. The maximum absolute atomic E-state index is 5.92. The molecule has 3 heterocycles. The van der Waals surface area contributed by atoms with Crippen LogP contribution in [0.3, 0.4) is 0 Å². The number of nitrogens with zero attached hydrogens (tertiary/aromatic N) is 5. The number of aromatic nitrogens is 2. The summed E-state index contributed by atoms with van der Waals surface area (Å²) in [6.07, 6.45) is 3.63. The molecule has 1 aliphatic rings. The van der Waals surface area contributed by atoms with Crippen molar-refractivity contribution in [3.63, 3.8) is 0 Å². The van der Waals surface area contributed by atoms with E-state index in [1.165, 1.54) is 0 Å². The smallest absolute Gasteiger partial charge is 0.239 e. The van der Waals surface area contributed by atoms with Crippen molar-refractivity contribution in [1.29, 1.82) is 0 Å². The van der Waals surface area contributed by atoms with Crippen LogP contribution in [0.15, 0.2) is 108 Å². The van der Waals surface area contributed by atoms with Gasteiger partial charge in [0.15, 0.2) is 0 Å². The second-order valence-electron chi connectivity index (χ2n) is 7.78. The first-order chi connectivity index (χ1) is 16.8. The molecule has 6 aromatic rings. The zero-order chi connectivity index (χ0) is 22.9. The SMILES string of the molecule is CN1[N]N(c2[c-]cccc2)c2ccccc21.[CH2+].[Ir].[c-]1ccc2c(oc3ccccc32)c1-n1cccn1. The number of rotatable bonds is 2. The molecule has 0 spiro atoms. The molecule has 0 bridgehead atoms. The first kappa shape index (κ1) is 25.1. The summed E-state index contributed by atoms with van der Waals surface area (Å²) in [6, 6.07) is 36.2. The Hall–Kier alpha value is -4.03. The minimum absolute atomic E-state index is 0. The number of para-hydroxylation sites is 4. The molecule has 179 valence electrons. The molecule has 0 saturated carbocycles. The first-order valence-corrected chi connectivity index (χ1v) is 10.9. The van der Waals surface area contributed by atoms with Crippen molar-refractivity contribution in [3.05, 3.63) is 123 Å². The molecule has 2 aromatic heterocycles. The standard InChI is InChI=1S/C15H9N2O.C13H11N3.CH2.Ir/c1-2-8-14-11(5-1)12-6-3-7-13(15(12)18-14)17-10-4-9-16-17;1-15-12-9-5-6-10-13(12)16(14-15)11-7-3-2-4-8-11;;/h1-6,8-10H;2-7,9-10H,1H3;1H2;/q2*-1;+1;. The molecule has 1 aliphatic heterocycles. The molecule has 0 saturated heterocycles. The summed E-state index contributed by atoms with van der Waals surface area (Å²) >= 11 is 0. The van der Waals surface area contributed by atoms with Gasteiger partial charge in [-0.05, 0) is 35.5 Å². The third-order valence-electron chi connectivity index (χ3n) is 5.66. The molecular weight excluding hydrogens is 627 g/mol. The van der Waals surface area contributed by atoms with Crippen LogP contribution in [0.25, 0.3) is 27.6 Å². The van der Waals surface area contributed by atoms with Gasteiger partial charge in [-0.15, -0.1) is 6.07 Å². The Balaban J connectivity index is 0.000000161. The molecule has 0 amide bonds. The Bertz CT molecular complexity index is 1560. The molecule has 7 rings (SSSR count). The van der Waals surface area contributed by atoms with E-state index in [0.29, 0.717) is 0 Å². The third kappa shape index (κ3) is 4.47. The number of furan rings is 1. The molecule has 3 radical (unpaired) electrons. The van der Waals surface area contributed by atoms with Gasteiger partial charge in [0.1, 0.15) is 5.58 Å². The fraction of sp³-hybridized carbons (Fsp3) is 0.0345. The molecule has 4 aromatic carbocycles. The van der Waals surface area contributed by atoms with Gasteiger partial charge >= 0.3 is 0 Å². The van der Waals surface area contributed by atoms with E-state index >= 15 is 0 Å². The van der Waals surface area contributed by atoms with Crippen molar-refractivity contribution in [1.82, 2.24) is 15.3 Å². The van der Waals surface area contributed by atoms with Crippen molar-refractivity contribution in [2.75, 3.05) is 17.1 Å². The Morgan fingerprint density at radius 2 is 1.56 bits per heavy atom. The van der Waals surface area contributed by atoms with Crippen molar-refractivity contribution >= 4 is 39.0 Å². The summed E-state index contributed by atoms with van der Waals surface area (Å²) in [7, 11) is 1.95. The Labute approximate surface area is 224 Å². The second kappa shape index (κ2) is 10.7. The molecule has 0 aliphatic carbocycles. The molecular formula is C29H22IrN5O-. The van der Waals surface area contributed by atoms with Crippen LogP contribution in [0.1, 0.15) is 0 Å². The van der Waals surface area contributed by atoms with Crippen LogP contribution in [0.4, 0.5) is 17.1 Å². The summed E-state index contributed by atoms with van der Waals surface area (Å²) in [6.45, 7) is 0. The quantitative estimate of drug-likeness (QED) is 0.204. The molecule has 0 N–H and O–H groups in total. The van der Waals surface area contributed by atoms with E-state index in [1.807, 2.05) is 96.1 Å². The van der Waals surface area contributed by atoms with Gasteiger partial charge in [0, 0.05) is 50.5 Å². The number of benzene rings is 4. The summed E-state index contributed by atoms with van der Waals surface area (Å²) < 4.78 is 7.68. The average Bonchev–Trinajstić information content (AvgIpc) is 3.63. The Morgan fingerprint density at radius 3 is 2.33 bits per heavy atom. The summed E-state index contributed by atoms with van der Waals surface area (Å²) in [5.41, 5.74) is 10.2. The number of hydrogen-bond acceptors (Lipinski definition) is 4. The van der Waals surface area contributed by atoms with Crippen molar-refractivity contribution in [2.45, 2.75) is 0 Å². The first-order valence-electron chi connectivity index (χ1n) is 10.9. The average molecular weight is 649 g/mol. The van der Waals surface area contributed by atoms with E-state index in [9.17, 15) is 0 Å². The molecule has 7 heteroatoms. The summed E-state index contributed by atoms with van der Waals surface area (Å²) in [4.78, 5) is 0. The van der Waals surface area contributed by atoms with E-state index in [1.54, 1.807) is 10.9 Å². The third-order valence-corrected chi connectivity index (χ3v) is 5.66. The minimum Gasteiger partial charge on any atom is -0.513 e. The summed E-state index contributed by atoms with van der Waals surface area (Å²) in [5, 5.41) is 10.2. The number of hydrogen-bond donors (Lipinski definition) is 0.